The first kappa shape index (κ1) is 22.6. The molecule has 0 aliphatic heterocycles. The summed E-state index contributed by atoms with van der Waals surface area (Å²) in [6.07, 6.45) is 1.46. The van der Waals surface area contributed by atoms with Crippen molar-refractivity contribution in [1.82, 2.24) is 0 Å². The third kappa shape index (κ3) is 5.97. The molecule has 0 saturated carbocycles. The zero-order valence-corrected chi connectivity index (χ0v) is 17.9. The van der Waals surface area contributed by atoms with Crippen molar-refractivity contribution in [2.24, 2.45) is 0 Å². The number of anilines is 1. The van der Waals surface area contributed by atoms with Crippen LogP contribution in [0.5, 0.6) is 5.75 Å². The summed E-state index contributed by atoms with van der Waals surface area (Å²) in [5, 5.41) is 12.7. The first-order chi connectivity index (χ1) is 15.5. The molecule has 3 aromatic rings. The van der Waals surface area contributed by atoms with E-state index < -0.39 is 11.9 Å². The fourth-order valence-corrected chi connectivity index (χ4v) is 2.92. The van der Waals surface area contributed by atoms with Crippen LogP contribution in [0.1, 0.15) is 21.5 Å². The maximum absolute atomic E-state index is 12.6. The van der Waals surface area contributed by atoms with Crippen LogP contribution in [0.25, 0.3) is 6.08 Å². The third-order valence-electron chi connectivity index (χ3n) is 4.46. The van der Waals surface area contributed by atoms with Gasteiger partial charge in [-0.25, -0.2) is 4.79 Å². The van der Waals surface area contributed by atoms with Crippen molar-refractivity contribution in [2.45, 2.75) is 6.61 Å². The number of hydrogen-bond donors (Lipinski definition) is 1. The zero-order chi connectivity index (χ0) is 22.9. The number of ether oxygens (including phenoxy) is 2. The van der Waals surface area contributed by atoms with Crippen LogP contribution in [0.3, 0.4) is 0 Å². The molecule has 0 radical (unpaired) electrons. The van der Waals surface area contributed by atoms with E-state index in [9.17, 15) is 14.9 Å². The van der Waals surface area contributed by atoms with Crippen molar-refractivity contribution >= 4 is 35.2 Å². The number of nitrogens with zero attached hydrogens (tertiary/aromatic N) is 1. The molecule has 6 nitrogen and oxygen atoms in total. The van der Waals surface area contributed by atoms with Gasteiger partial charge in [0, 0.05) is 5.02 Å². The Morgan fingerprint density at radius 2 is 1.72 bits per heavy atom. The van der Waals surface area contributed by atoms with E-state index in [0.717, 1.165) is 5.56 Å². The van der Waals surface area contributed by atoms with Gasteiger partial charge in [-0.1, -0.05) is 48.0 Å². The summed E-state index contributed by atoms with van der Waals surface area (Å²) in [6, 6.07) is 22.6. The minimum absolute atomic E-state index is 0.112. The molecule has 0 spiro atoms. The van der Waals surface area contributed by atoms with Crippen LogP contribution in [0.15, 0.2) is 78.4 Å². The Hall–Kier alpha value is -4.08. The van der Waals surface area contributed by atoms with Gasteiger partial charge in [0.2, 0.25) is 0 Å². The second-order valence-corrected chi connectivity index (χ2v) is 7.08. The molecule has 0 bridgehead atoms. The van der Waals surface area contributed by atoms with Crippen molar-refractivity contribution in [3.63, 3.8) is 0 Å². The average molecular weight is 447 g/mol. The number of benzene rings is 3. The number of hydrogen-bond acceptors (Lipinski definition) is 5. The summed E-state index contributed by atoms with van der Waals surface area (Å²) in [5.41, 5.74) is 1.98. The molecule has 32 heavy (non-hydrogen) atoms. The zero-order valence-electron chi connectivity index (χ0n) is 17.2. The largest absolute Gasteiger partial charge is 0.489 e. The summed E-state index contributed by atoms with van der Waals surface area (Å²) < 4.78 is 10.5. The van der Waals surface area contributed by atoms with Gasteiger partial charge in [0.15, 0.2) is 0 Å². The van der Waals surface area contributed by atoms with E-state index in [0.29, 0.717) is 22.9 Å². The molecule has 3 aromatic carbocycles. The SMILES string of the molecule is COC(=O)c1ccccc1NC(=O)/C(C#N)=C/c1ccc(OCc2ccc(Cl)cc2)cc1. The molecule has 0 saturated heterocycles. The van der Waals surface area contributed by atoms with Crippen molar-refractivity contribution in [2.75, 3.05) is 12.4 Å². The molecule has 0 aromatic heterocycles. The standard InChI is InChI=1S/C25H19ClN2O4/c1-31-25(30)22-4-2-3-5-23(22)28-24(29)19(15-27)14-17-8-12-21(13-9-17)32-16-18-6-10-20(26)11-7-18/h2-14H,16H2,1H3,(H,28,29)/b19-14+. The second-order valence-electron chi connectivity index (χ2n) is 6.65. The summed E-state index contributed by atoms with van der Waals surface area (Å²) in [7, 11) is 1.25. The van der Waals surface area contributed by atoms with Crippen molar-refractivity contribution in [3.05, 3.63) is 100 Å². The lowest BCUT2D eigenvalue weighted by atomic mass is 10.1. The monoisotopic (exact) mass is 446 g/mol. The van der Waals surface area contributed by atoms with Gasteiger partial charge in [0.05, 0.1) is 18.4 Å². The minimum Gasteiger partial charge on any atom is -0.489 e. The number of nitriles is 1. The van der Waals surface area contributed by atoms with Gasteiger partial charge in [-0.2, -0.15) is 5.26 Å². The Labute approximate surface area is 190 Å². The van der Waals surface area contributed by atoms with E-state index in [4.69, 9.17) is 21.1 Å². The number of para-hydroxylation sites is 1. The average Bonchev–Trinajstić information content (AvgIpc) is 2.82. The second kappa shape index (κ2) is 10.8. The third-order valence-corrected chi connectivity index (χ3v) is 4.71. The molecule has 7 heteroatoms. The van der Waals surface area contributed by atoms with Gasteiger partial charge in [-0.15, -0.1) is 0 Å². The molecule has 160 valence electrons. The van der Waals surface area contributed by atoms with Crippen molar-refractivity contribution in [1.29, 1.82) is 5.26 Å². The van der Waals surface area contributed by atoms with E-state index in [1.807, 2.05) is 18.2 Å². The number of rotatable bonds is 7. The topological polar surface area (TPSA) is 88.4 Å². The molecule has 0 aliphatic rings. The van der Waals surface area contributed by atoms with Gasteiger partial charge in [0.25, 0.3) is 5.91 Å². The number of carbonyl (C=O) groups is 2. The van der Waals surface area contributed by atoms with E-state index in [2.05, 4.69) is 5.32 Å². The molecule has 0 aliphatic carbocycles. The van der Waals surface area contributed by atoms with Crippen LogP contribution in [0.2, 0.25) is 5.02 Å². The molecular formula is C25H19ClN2O4. The molecule has 0 unspecified atom stereocenters. The number of methoxy groups -OCH3 is 1. The highest BCUT2D eigenvalue weighted by Crippen LogP contribution is 2.19. The summed E-state index contributed by atoms with van der Waals surface area (Å²) in [6.45, 7) is 0.387. The number of esters is 1. The highest BCUT2D eigenvalue weighted by atomic mass is 35.5. The van der Waals surface area contributed by atoms with E-state index in [1.165, 1.54) is 19.3 Å². The number of amides is 1. The number of carbonyl (C=O) groups excluding carboxylic acids is 2. The lowest BCUT2D eigenvalue weighted by Crippen LogP contribution is -2.16. The van der Waals surface area contributed by atoms with Crippen LogP contribution < -0.4 is 10.1 Å². The van der Waals surface area contributed by atoms with Crippen molar-refractivity contribution in [3.8, 4) is 11.8 Å². The Balaban J connectivity index is 1.68. The van der Waals surface area contributed by atoms with Gasteiger partial charge in [0.1, 0.15) is 24.0 Å². The Morgan fingerprint density at radius 1 is 1.03 bits per heavy atom. The lowest BCUT2D eigenvalue weighted by molar-refractivity contribution is -0.112. The normalized spacial score (nSPS) is 10.7. The molecule has 0 atom stereocenters. The van der Waals surface area contributed by atoms with Gasteiger partial charge >= 0.3 is 5.97 Å². The predicted octanol–water partition coefficient (Wildman–Crippen LogP) is 5.25. The molecule has 0 heterocycles. The molecular weight excluding hydrogens is 428 g/mol. The molecule has 0 fully saturated rings. The highest BCUT2D eigenvalue weighted by molar-refractivity contribution is 6.30. The first-order valence-corrected chi connectivity index (χ1v) is 9.95. The fourth-order valence-electron chi connectivity index (χ4n) is 2.79. The van der Waals surface area contributed by atoms with Crippen LogP contribution in [-0.2, 0) is 16.1 Å². The Bertz CT molecular complexity index is 1180. The number of nitrogens with one attached hydrogen (secondary N) is 1. The van der Waals surface area contributed by atoms with Gasteiger partial charge in [-0.3, -0.25) is 4.79 Å². The van der Waals surface area contributed by atoms with Gasteiger partial charge < -0.3 is 14.8 Å². The Kier molecular flexibility index (Phi) is 7.63. The fraction of sp³-hybridized carbons (Fsp3) is 0.0800. The minimum atomic E-state index is -0.632. The van der Waals surface area contributed by atoms with Crippen LogP contribution in [0.4, 0.5) is 5.69 Å². The molecule has 1 N–H and O–H groups in total. The van der Waals surface area contributed by atoms with E-state index in [1.54, 1.807) is 54.6 Å². The van der Waals surface area contributed by atoms with Crippen LogP contribution in [0, 0.1) is 11.3 Å². The molecule has 3 rings (SSSR count). The Morgan fingerprint density at radius 3 is 2.38 bits per heavy atom. The predicted molar refractivity (Wildman–Crippen MR) is 122 cm³/mol. The quantitative estimate of drug-likeness (QED) is 0.304. The summed E-state index contributed by atoms with van der Waals surface area (Å²) in [4.78, 5) is 24.4. The summed E-state index contributed by atoms with van der Waals surface area (Å²) in [5.74, 6) is -0.573. The van der Waals surface area contributed by atoms with Crippen LogP contribution >= 0.6 is 11.6 Å². The first-order valence-electron chi connectivity index (χ1n) is 9.58. The van der Waals surface area contributed by atoms with Crippen LogP contribution in [-0.4, -0.2) is 19.0 Å². The van der Waals surface area contributed by atoms with E-state index in [-0.39, 0.29) is 16.8 Å². The lowest BCUT2D eigenvalue weighted by Gasteiger charge is -2.09. The summed E-state index contributed by atoms with van der Waals surface area (Å²) >= 11 is 5.88. The number of halogens is 1. The highest BCUT2D eigenvalue weighted by Gasteiger charge is 2.15. The maximum atomic E-state index is 12.6. The van der Waals surface area contributed by atoms with Gasteiger partial charge in [-0.05, 0) is 53.6 Å². The van der Waals surface area contributed by atoms with Crippen molar-refractivity contribution < 1.29 is 19.1 Å². The molecule has 1 amide bonds. The van der Waals surface area contributed by atoms with E-state index >= 15 is 0 Å². The smallest absolute Gasteiger partial charge is 0.339 e. The maximum Gasteiger partial charge on any atom is 0.339 e.